The van der Waals surface area contributed by atoms with Gasteiger partial charge in [0.25, 0.3) is 0 Å². The van der Waals surface area contributed by atoms with Crippen molar-refractivity contribution in [3.63, 3.8) is 0 Å². The number of aromatic nitrogens is 7. The number of hydrogen-bond acceptors (Lipinski definition) is 12. The van der Waals surface area contributed by atoms with E-state index in [1.807, 2.05) is 23.1 Å². The zero-order valence-corrected chi connectivity index (χ0v) is 32.8. The molecule has 5 N–H and O–H groups in total. The van der Waals surface area contributed by atoms with Gasteiger partial charge in [0.05, 0.1) is 36.7 Å². The quantitative estimate of drug-likeness (QED) is 0.125. The van der Waals surface area contributed by atoms with Gasteiger partial charge in [-0.1, -0.05) is 13.8 Å². The number of carboxylic acids is 3. The van der Waals surface area contributed by atoms with E-state index < -0.39 is 59.4 Å². The largest absolute Gasteiger partial charge is 0.490 e. The molecule has 0 radical (unpaired) electrons. The van der Waals surface area contributed by atoms with Crippen LogP contribution in [0.1, 0.15) is 57.5 Å². The molecule has 1 aliphatic heterocycles. The molecule has 4 aromatic rings. The van der Waals surface area contributed by atoms with Crippen LogP contribution in [-0.4, -0.2) is 128 Å². The molecule has 1 aliphatic carbocycles. The Morgan fingerprint density at radius 3 is 1.88 bits per heavy atom. The molecule has 0 amide bonds. The van der Waals surface area contributed by atoms with E-state index in [-0.39, 0.29) is 30.3 Å². The first kappa shape index (κ1) is 52.0. The summed E-state index contributed by atoms with van der Waals surface area (Å²) in [4.78, 5) is 48.1. The summed E-state index contributed by atoms with van der Waals surface area (Å²) in [6.45, 7) is 4.20. The number of nitrogens with one attached hydrogen (secondary N) is 1. The molecule has 0 aromatic carbocycles. The Labute approximate surface area is 351 Å². The topological polar surface area (TPSA) is 254 Å². The molecule has 1 saturated carbocycles. The van der Waals surface area contributed by atoms with Gasteiger partial charge in [-0.25, -0.2) is 29.3 Å². The van der Waals surface area contributed by atoms with Crippen molar-refractivity contribution < 1.29 is 92.2 Å². The summed E-state index contributed by atoms with van der Waals surface area (Å²) in [6.07, 6.45) is -10.0. The molecule has 1 saturated heterocycles. The number of likely N-dealkylation sites (tertiary alicyclic amines) is 1. The van der Waals surface area contributed by atoms with Crippen molar-refractivity contribution in [3.05, 3.63) is 48.6 Å². The highest BCUT2D eigenvalue weighted by molar-refractivity contribution is 5.90. The minimum absolute atomic E-state index is 0.0782. The van der Waals surface area contributed by atoms with Gasteiger partial charge in [0.1, 0.15) is 23.6 Å². The van der Waals surface area contributed by atoms with Crippen LogP contribution in [-0.2, 0) is 31.5 Å². The predicted molar refractivity (Wildman–Crippen MR) is 190 cm³/mol. The van der Waals surface area contributed by atoms with E-state index in [0.29, 0.717) is 32.4 Å². The van der Waals surface area contributed by atoms with Crippen LogP contribution in [0.3, 0.4) is 0 Å². The molecule has 2 aliphatic rings. The number of carbonyl (C=O) groups is 3. The summed E-state index contributed by atoms with van der Waals surface area (Å²) >= 11 is 0. The number of nitriles is 1. The molecule has 17 nitrogen and oxygen atoms in total. The normalized spacial score (nSPS) is 17.8. The van der Waals surface area contributed by atoms with Gasteiger partial charge >= 0.3 is 42.6 Å². The number of alkyl halides is 12. The van der Waals surface area contributed by atoms with Crippen molar-refractivity contribution in [2.45, 2.75) is 93.8 Å². The lowest BCUT2D eigenvalue weighted by Crippen LogP contribution is -2.65. The van der Waals surface area contributed by atoms with Gasteiger partial charge in [-0.3, -0.25) is 9.58 Å². The zero-order valence-electron chi connectivity index (χ0n) is 32.8. The second kappa shape index (κ2) is 20.0. The molecule has 5 heterocycles. The number of aliphatic hydroxyl groups excluding tert-OH is 1. The molecule has 0 spiro atoms. The minimum atomic E-state index is -5.08. The van der Waals surface area contributed by atoms with E-state index in [4.69, 9.17) is 34.4 Å². The number of ether oxygens (including phenoxy) is 1. The number of aliphatic carboxylic acids is 3. The van der Waals surface area contributed by atoms with Crippen LogP contribution in [0.2, 0.25) is 0 Å². The highest BCUT2D eigenvalue weighted by Gasteiger charge is 2.48. The highest BCUT2D eigenvalue weighted by Crippen LogP contribution is 2.39. The smallest absolute Gasteiger partial charge is 0.475 e. The number of aliphatic hydroxyl groups is 1. The minimum Gasteiger partial charge on any atom is -0.475 e. The van der Waals surface area contributed by atoms with Crippen LogP contribution in [0.5, 0.6) is 5.88 Å². The molecule has 0 unspecified atom stereocenters. The third-order valence-electron chi connectivity index (χ3n) is 9.32. The van der Waals surface area contributed by atoms with Crippen LogP contribution in [0.25, 0.3) is 22.3 Å². The van der Waals surface area contributed by atoms with E-state index in [0.717, 1.165) is 35.1 Å². The Kier molecular flexibility index (Phi) is 16.3. The maximum Gasteiger partial charge on any atom is 0.490 e. The lowest BCUT2D eigenvalue weighted by molar-refractivity contribution is -0.193. The first-order valence-electron chi connectivity index (χ1n) is 17.9. The Balaban J connectivity index is 0.000000429. The first-order valence-corrected chi connectivity index (χ1v) is 17.9. The maximum absolute atomic E-state index is 13.5. The maximum atomic E-state index is 13.5. The molecule has 29 heteroatoms. The van der Waals surface area contributed by atoms with E-state index >= 15 is 0 Å². The van der Waals surface area contributed by atoms with Gasteiger partial charge < -0.3 is 30.1 Å². The fourth-order valence-electron chi connectivity index (χ4n) is 6.00. The number of carboxylic acid groups (broad SMARTS) is 3. The number of nitrogens with zero attached hydrogens (tertiary/aromatic N) is 8. The molecule has 352 valence electrons. The van der Waals surface area contributed by atoms with E-state index in [1.165, 1.54) is 12.4 Å². The van der Waals surface area contributed by atoms with Crippen LogP contribution in [0.15, 0.2) is 37.1 Å². The lowest BCUT2D eigenvalue weighted by Gasteiger charge is -2.53. The van der Waals surface area contributed by atoms with E-state index in [9.17, 15) is 63.1 Å². The zero-order chi connectivity index (χ0) is 48.6. The van der Waals surface area contributed by atoms with Gasteiger partial charge in [-0.05, 0) is 31.7 Å². The van der Waals surface area contributed by atoms with Crippen molar-refractivity contribution in [3.8, 4) is 23.2 Å². The van der Waals surface area contributed by atoms with Crippen molar-refractivity contribution in [1.82, 2.24) is 39.6 Å². The summed E-state index contributed by atoms with van der Waals surface area (Å²) in [5.41, 5.74) is 1.02. The van der Waals surface area contributed by atoms with Crippen LogP contribution < -0.4 is 4.74 Å². The van der Waals surface area contributed by atoms with Crippen molar-refractivity contribution in [2.75, 3.05) is 19.7 Å². The number of rotatable bonds is 8. The summed E-state index contributed by atoms with van der Waals surface area (Å²) in [7, 11) is 0. The number of H-pyrrole nitrogens is 1. The predicted octanol–water partition coefficient (Wildman–Crippen LogP) is 6.11. The molecule has 64 heavy (non-hydrogen) atoms. The molecule has 0 atom stereocenters. The van der Waals surface area contributed by atoms with E-state index in [2.05, 4.69) is 41.0 Å². The third-order valence-corrected chi connectivity index (χ3v) is 9.32. The molecular formula is C35H35F12N9O8. The summed E-state index contributed by atoms with van der Waals surface area (Å²) < 4.78 is 144. The number of halogens is 12. The second-order valence-corrected chi connectivity index (χ2v) is 14.5. The first-order chi connectivity index (χ1) is 29.3. The van der Waals surface area contributed by atoms with Gasteiger partial charge in [0, 0.05) is 54.0 Å². The Morgan fingerprint density at radius 2 is 1.41 bits per heavy atom. The average molecular weight is 938 g/mol. The second-order valence-electron chi connectivity index (χ2n) is 14.5. The average Bonchev–Trinajstić information content (AvgIpc) is 3.87. The van der Waals surface area contributed by atoms with Crippen LogP contribution >= 0.6 is 0 Å². The Bertz CT molecular complexity index is 2220. The lowest BCUT2D eigenvalue weighted by atomic mass is 9.82. The summed E-state index contributed by atoms with van der Waals surface area (Å²) in [6, 6.07) is 5.91. The van der Waals surface area contributed by atoms with Crippen LogP contribution in [0.4, 0.5) is 52.7 Å². The molecule has 6 rings (SSSR count). The fourth-order valence-corrected chi connectivity index (χ4v) is 6.00. The standard InChI is InChI=1S/C29H32F3N9O2.3C2HF3O2/c1-27(2,16-42)22-11-23(39-26(38-22)29(30,31)32)43-20-5-3-19(4-6-20)40-14-28(15-40,8-9-33)41-13-18(12-37-41)24-21-7-10-34-25(21)36-17-35-24;3*3-2(4,5)1(6)7/h7,10-13,17,19-20,42H,3-6,8,14-16H2,1-2H3,(H,34,35,36);3*(H,6,7). The number of fused-ring (bicyclic) bond motifs is 1. The molecule has 4 aromatic heterocycles. The fraction of sp³-hybridized carbons (Fsp3) is 0.514. The van der Waals surface area contributed by atoms with Crippen molar-refractivity contribution in [2.24, 2.45) is 0 Å². The Hall–Kier alpha value is -6.31. The molecular weight excluding hydrogens is 902 g/mol. The van der Waals surface area contributed by atoms with Gasteiger partial charge in [-0.2, -0.15) is 68.0 Å². The van der Waals surface area contributed by atoms with Gasteiger partial charge in [-0.15, -0.1) is 0 Å². The summed E-state index contributed by atoms with van der Waals surface area (Å²) in [5.74, 6) is -9.68. The molecule has 0 bridgehead atoms. The highest BCUT2D eigenvalue weighted by atomic mass is 19.4. The monoisotopic (exact) mass is 937 g/mol. The van der Waals surface area contributed by atoms with Gasteiger partial charge in [0.15, 0.2) is 0 Å². The van der Waals surface area contributed by atoms with Crippen LogP contribution in [0, 0.1) is 11.3 Å². The van der Waals surface area contributed by atoms with Gasteiger partial charge in [0.2, 0.25) is 11.7 Å². The van der Waals surface area contributed by atoms with E-state index in [1.54, 1.807) is 20.0 Å². The molecule has 2 fully saturated rings. The SMILES string of the molecule is CC(C)(CO)c1cc(OC2CCC(N3CC(CC#N)(n4cc(-c5ncnc6[nH]ccc56)cn4)C3)CC2)nc(C(F)(F)F)n1.O=C(O)C(F)(F)F.O=C(O)C(F)(F)F.O=C(O)C(F)(F)F. The summed E-state index contributed by atoms with van der Waals surface area (Å²) in [5, 5.41) is 46.2. The Morgan fingerprint density at radius 1 is 0.875 bits per heavy atom. The van der Waals surface area contributed by atoms with Crippen molar-refractivity contribution in [1.29, 1.82) is 5.26 Å². The number of hydrogen-bond donors (Lipinski definition) is 5. The third kappa shape index (κ3) is 13.8. The number of aromatic amines is 1. The van der Waals surface area contributed by atoms with Crippen molar-refractivity contribution >= 4 is 28.9 Å².